The van der Waals surface area contributed by atoms with Gasteiger partial charge in [-0.2, -0.15) is 0 Å². The highest BCUT2D eigenvalue weighted by Gasteiger charge is 2.12. The zero-order chi connectivity index (χ0) is 31.6. The van der Waals surface area contributed by atoms with Crippen LogP contribution in [-0.2, 0) is 30.4 Å². The first-order valence-electron chi connectivity index (χ1n) is 14.8. The second kappa shape index (κ2) is 15.0. The predicted molar refractivity (Wildman–Crippen MR) is 172 cm³/mol. The van der Waals surface area contributed by atoms with E-state index in [0.29, 0.717) is 11.4 Å². The largest absolute Gasteiger partial charge is 0.497 e. The van der Waals surface area contributed by atoms with Crippen molar-refractivity contribution >= 4 is 12.0 Å². The lowest BCUT2D eigenvalue weighted by Gasteiger charge is -2.15. The van der Waals surface area contributed by atoms with Crippen molar-refractivity contribution in [3.8, 4) is 17.1 Å². The first kappa shape index (κ1) is 31.2. The van der Waals surface area contributed by atoms with Crippen molar-refractivity contribution in [1.29, 1.82) is 0 Å². The SMILES string of the molecule is COC(=O)c1ccc(CC(/C=C\c2cc(F)ccc2CCc2ccc(OC)cc2)CCc2ccc(-c3noc(=O)[nH]3)cc2)cc1. The molecule has 4 aromatic carbocycles. The molecule has 0 saturated carbocycles. The monoisotopic (exact) mass is 606 g/mol. The van der Waals surface area contributed by atoms with Gasteiger partial charge in [0.25, 0.3) is 0 Å². The summed E-state index contributed by atoms with van der Waals surface area (Å²) in [6.07, 6.45) is 8.18. The number of carbonyl (C=O) groups is 1. The van der Waals surface area contributed by atoms with E-state index in [0.717, 1.165) is 65.7 Å². The number of carbonyl (C=O) groups excluding carboxylic acids is 1. The van der Waals surface area contributed by atoms with Gasteiger partial charge in [-0.15, -0.1) is 0 Å². The number of methoxy groups -OCH3 is 2. The van der Waals surface area contributed by atoms with Gasteiger partial charge in [-0.05, 0) is 102 Å². The van der Waals surface area contributed by atoms with Gasteiger partial charge >= 0.3 is 11.7 Å². The third-order valence-corrected chi connectivity index (χ3v) is 7.84. The van der Waals surface area contributed by atoms with Crippen LogP contribution >= 0.6 is 0 Å². The summed E-state index contributed by atoms with van der Waals surface area (Å²) in [5.74, 6) is 0.109. The Morgan fingerprint density at radius 1 is 0.889 bits per heavy atom. The number of allylic oxidation sites excluding steroid dienone is 1. The van der Waals surface area contributed by atoms with E-state index in [1.807, 2.05) is 60.7 Å². The van der Waals surface area contributed by atoms with E-state index in [2.05, 4.69) is 32.9 Å². The van der Waals surface area contributed by atoms with E-state index in [-0.39, 0.29) is 17.7 Å². The summed E-state index contributed by atoms with van der Waals surface area (Å²) < 4.78 is 29.1. The molecule has 0 radical (unpaired) electrons. The number of rotatable bonds is 13. The average Bonchev–Trinajstić information content (AvgIpc) is 3.52. The van der Waals surface area contributed by atoms with Crippen molar-refractivity contribution in [1.82, 2.24) is 10.1 Å². The molecule has 45 heavy (non-hydrogen) atoms. The van der Waals surface area contributed by atoms with Crippen molar-refractivity contribution in [2.24, 2.45) is 5.92 Å². The predicted octanol–water partition coefficient (Wildman–Crippen LogP) is 7.25. The molecule has 230 valence electrons. The summed E-state index contributed by atoms with van der Waals surface area (Å²) >= 11 is 0. The number of esters is 1. The Hall–Kier alpha value is -5.24. The molecule has 1 aromatic heterocycles. The summed E-state index contributed by atoms with van der Waals surface area (Å²) in [6.45, 7) is 0. The molecule has 0 aliphatic heterocycles. The van der Waals surface area contributed by atoms with Gasteiger partial charge in [-0.1, -0.05) is 71.9 Å². The van der Waals surface area contributed by atoms with Crippen molar-refractivity contribution in [3.63, 3.8) is 0 Å². The van der Waals surface area contributed by atoms with Crippen molar-refractivity contribution in [2.75, 3.05) is 14.2 Å². The summed E-state index contributed by atoms with van der Waals surface area (Å²) in [5.41, 5.74) is 6.61. The number of nitrogens with zero attached hydrogens (tertiary/aromatic N) is 1. The highest BCUT2D eigenvalue weighted by atomic mass is 19.1. The standard InChI is InChI=1S/C37H35FN2O5/c1-43-34-21-11-26(12-22-34)5-13-29-19-20-33(38)24-32(29)18-10-27(23-28-8-16-31(17-9-28)36(41)44-2)4-3-25-6-14-30(15-7-25)35-39-37(42)45-40-35/h6-12,14-22,24,27H,3-5,13,23H2,1-2H3,(H,39,40,42)/b18-10-. The number of aromatic amines is 1. The Kier molecular flexibility index (Phi) is 10.4. The van der Waals surface area contributed by atoms with Crippen molar-refractivity contribution < 1.29 is 23.2 Å². The van der Waals surface area contributed by atoms with Crippen LogP contribution in [0.4, 0.5) is 4.39 Å². The summed E-state index contributed by atoms with van der Waals surface area (Å²) in [4.78, 5) is 25.8. The molecule has 8 heteroatoms. The van der Waals surface area contributed by atoms with E-state index < -0.39 is 5.76 Å². The van der Waals surface area contributed by atoms with Gasteiger partial charge in [0, 0.05) is 5.56 Å². The molecule has 1 N–H and O–H groups in total. The summed E-state index contributed by atoms with van der Waals surface area (Å²) in [7, 11) is 3.02. The lowest BCUT2D eigenvalue weighted by molar-refractivity contribution is 0.0600. The van der Waals surface area contributed by atoms with E-state index in [1.54, 1.807) is 25.3 Å². The highest BCUT2D eigenvalue weighted by Crippen LogP contribution is 2.23. The minimum Gasteiger partial charge on any atom is -0.497 e. The molecule has 0 bridgehead atoms. The molecule has 7 nitrogen and oxygen atoms in total. The van der Waals surface area contributed by atoms with Crippen LogP contribution in [0.2, 0.25) is 0 Å². The number of H-pyrrole nitrogens is 1. The van der Waals surface area contributed by atoms with Gasteiger partial charge < -0.3 is 9.47 Å². The van der Waals surface area contributed by atoms with Crippen molar-refractivity contribution in [2.45, 2.75) is 32.1 Å². The Morgan fingerprint density at radius 2 is 1.58 bits per heavy atom. The molecule has 1 heterocycles. The van der Waals surface area contributed by atoms with Gasteiger partial charge in [0.15, 0.2) is 5.82 Å². The topological polar surface area (TPSA) is 94.4 Å². The van der Waals surface area contributed by atoms with Crippen LogP contribution in [0.3, 0.4) is 0 Å². The van der Waals surface area contributed by atoms with E-state index >= 15 is 0 Å². The number of aryl methyl sites for hydroxylation is 3. The summed E-state index contributed by atoms with van der Waals surface area (Å²) in [5, 5.41) is 3.75. The van der Waals surface area contributed by atoms with Gasteiger partial charge in [-0.3, -0.25) is 9.51 Å². The minimum absolute atomic E-state index is 0.137. The normalized spacial score (nSPS) is 11.9. The fourth-order valence-electron chi connectivity index (χ4n) is 5.26. The Balaban J connectivity index is 1.33. The number of hydrogen-bond donors (Lipinski definition) is 1. The molecular formula is C37H35FN2O5. The number of nitrogens with one attached hydrogen (secondary N) is 1. The molecule has 0 fully saturated rings. The molecule has 0 aliphatic rings. The van der Waals surface area contributed by atoms with Crippen molar-refractivity contribution in [3.05, 3.63) is 147 Å². The molecule has 5 aromatic rings. The fourth-order valence-corrected chi connectivity index (χ4v) is 5.26. The van der Waals surface area contributed by atoms with Crippen LogP contribution in [0.15, 0.2) is 106 Å². The molecule has 1 atom stereocenters. The van der Waals surface area contributed by atoms with Gasteiger partial charge in [0.2, 0.25) is 0 Å². The maximum Gasteiger partial charge on any atom is 0.439 e. The van der Waals surface area contributed by atoms with E-state index in [4.69, 9.17) is 9.47 Å². The second-order valence-electron chi connectivity index (χ2n) is 10.9. The zero-order valence-electron chi connectivity index (χ0n) is 25.3. The molecule has 0 spiro atoms. The van der Waals surface area contributed by atoms with Crippen LogP contribution in [0.1, 0.15) is 44.6 Å². The zero-order valence-corrected chi connectivity index (χ0v) is 25.3. The van der Waals surface area contributed by atoms with Crippen LogP contribution in [-0.4, -0.2) is 30.3 Å². The highest BCUT2D eigenvalue weighted by molar-refractivity contribution is 5.89. The van der Waals surface area contributed by atoms with E-state index in [9.17, 15) is 14.0 Å². The van der Waals surface area contributed by atoms with E-state index in [1.165, 1.54) is 18.7 Å². The second-order valence-corrected chi connectivity index (χ2v) is 10.9. The number of aromatic nitrogens is 2. The summed E-state index contributed by atoms with van der Waals surface area (Å²) in [6, 6.07) is 28.3. The lowest BCUT2D eigenvalue weighted by atomic mass is 9.90. The Morgan fingerprint density at radius 3 is 2.24 bits per heavy atom. The Labute approximate surface area is 261 Å². The van der Waals surface area contributed by atoms with Crippen LogP contribution in [0, 0.1) is 11.7 Å². The quantitative estimate of drug-likeness (QED) is 0.142. The molecule has 5 rings (SSSR count). The van der Waals surface area contributed by atoms with Crippen LogP contribution < -0.4 is 10.5 Å². The number of halogens is 1. The number of benzene rings is 4. The molecular weight excluding hydrogens is 571 g/mol. The molecule has 0 aliphatic carbocycles. The molecule has 0 saturated heterocycles. The van der Waals surface area contributed by atoms with Crippen LogP contribution in [0.5, 0.6) is 5.75 Å². The third-order valence-electron chi connectivity index (χ3n) is 7.84. The minimum atomic E-state index is -0.592. The van der Waals surface area contributed by atoms with Crippen LogP contribution in [0.25, 0.3) is 17.5 Å². The maximum absolute atomic E-state index is 14.4. The lowest BCUT2D eigenvalue weighted by Crippen LogP contribution is -2.05. The first-order valence-corrected chi connectivity index (χ1v) is 14.8. The van der Waals surface area contributed by atoms with Gasteiger partial charge in [0.1, 0.15) is 11.6 Å². The van der Waals surface area contributed by atoms with Gasteiger partial charge in [-0.25, -0.2) is 14.0 Å². The third kappa shape index (κ3) is 8.66. The molecule has 1 unspecified atom stereocenters. The Bertz CT molecular complexity index is 1790. The number of hydrogen-bond acceptors (Lipinski definition) is 6. The maximum atomic E-state index is 14.4. The smallest absolute Gasteiger partial charge is 0.439 e. The average molecular weight is 607 g/mol. The molecule has 0 amide bonds. The van der Waals surface area contributed by atoms with Gasteiger partial charge in [0.05, 0.1) is 19.8 Å². The number of ether oxygens (including phenoxy) is 2. The fraction of sp³-hybridized carbons (Fsp3) is 0.216. The first-order chi connectivity index (χ1) is 21.9.